The van der Waals surface area contributed by atoms with E-state index in [9.17, 15) is 14.4 Å². The van der Waals surface area contributed by atoms with Crippen LogP contribution in [0, 0.1) is 0 Å². The minimum Gasteiger partial charge on any atom is -0.483 e. The van der Waals surface area contributed by atoms with Gasteiger partial charge in [-0.15, -0.1) is 0 Å². The van der Waals surface area contributed by atoms with Gasteiger partial charge >= 0.3 is 6.03 Å². The summed E-state index contributed by atoms with van der Waals surface area (Å²) in [5.41, 5.74) is 0.844. The Labute approximate surface area is 154 Å². The zero-order chi connectivity index (χ0) is 17.5. The molecule has 0 aliphatic heterocycles. The van der Waals surface area contributed by atoms with E-state index >= 15 is 0 Å². The molecule has 0 saturated carbocycles. The van der Waals surface area contributed by atoms with Crippen molar-refractivity contribution in [3.63, 3.8) is 0 Å². The summed E-state index contributed by atoms with van der Waals surface area (Å²) in [7, 11) is 0. The van der Waals surface area contributed by atoms with Crippen molar-refractivity contribution in [2.75, 3.05) is 11.9 Å². The van der Waals surface area contributed by atoms with Crippen LogP contribution in [0.5, 0.6) is 5.75 Å². The van der Waals surface area contributed by atoms with Gasteiger partial charge in [0, 0.05) is 14.6 Å². The molecule has 6 nitrogen and oxygen atoms in total. The van der Waals surface area contributed by atoms with Gasteiger partial charge in [0.2, 0.25) is 0 Å². The largest absolute Gasteiger partial charge is 0.483 e. The third kappa shape index (κ3) is 5.47. The molecule has 2 N–H and O–H groups in total. The van der Waals surface area contributed by atoms with E-state index in [2.05, 4.69) is 42.5 Å². The molecular formula is C16H12Br2N2O4. The van der Waals surface area contributed by atoms with Crippen LogP contribution in [-0.2, 0) is 4.79 Å². The smallest absolute Gasteiger partial charge is 0.325 e. The van der Waals surface area contributed by atoms with E-state index in [1.54, 1.807) is 42.5 Å². The number of hydrogen-bond acceptors (Lipinski definition) is 4. The molecule has 2 aromatic carbocycles. The molecule has 0 aliphatic rings. The lowest BCUT2D eigenvalue weighted by atomic mass is 10.2. The van der Waals surface area contributed by atoms with Crippen LogP contribution < -0.4 is 15.4 Å². The second-order valence-corrected chi connectivity index (χ2v) is 6.43. The molecule has 0 atom stereocenters. The van der Waals surface area contributed by atoms with Crippen molar-refractivity contribution < 1.29 is 19.1 Å². The first-order valence-electron chi connectivity index (χ1n) is 6.72. The number of hydrogen-bond donors (Lipinski definition) is 2. The first-order chi connectivity index (χ1) is 11.5. The second-order valence-electron chi connectivity index (χ2n) is 4.60. The van der Waals surface area contributed by atoms with Crippen LogP contribution in [0.25, 0.3) is 0 Å². The standard InChI is InChI=1S/C16H12Br2N2O4/c17-11-1-4-13(5-2-11)19-16(23)20-15(22)9-24-14-6-3-12(18)7-10(14)8-21/h1-8H,9H2,(H2,19,20,22,23). The van der Waals surface area contributed by atoms with Gasteiger partial charge in [-0.05, 0) is 42.5 Å². The van der Waals surface area contributed by atoms with E-state index < -0.39 is 18.5 Å². The van der Waals surface area contributed by atoms with E-state index in [0.29, 0.717) is 17.5 Å². The molecule has 0 fully saturated rings. The summed E-state index contributed by atoms with van der Waals surface area (Å²) in [4.78, 5) is 34.4. The summed E-state index contributed by atoms with van der Waals surface area (Å²) in [5, 5.41) is 4.66. The van der Waals surface area contributed by atoms with Crippen molar-refractivity contribution in [2.45, 2.75) is 0 Å². The maximum atomic E-state index is 11.7. The van der Waals surface area contributed by atoms with Gasteiger partial charge in [-0.1, -0.05) is 31.9 Å². The van der Waals surface area contributed by atoms with E-state index in [-0.39, 0.29) is 5.75 Å². The molecule has 0 bridgehead atoms. The van der Waals surface area contributed by atoms with E-state index in [0.717, 1.165) is 8.95 Å². The maximum absolute atomic E-state index is 11.7. The molecule has 2 aromatic rings. The number of halogens is 2. The number of carbonyl (C=O) groups is 3. The highest BCUT2D eigenvalue weighted by Gasteiger charge is 2.10. The zero-order valence-corrected chi connectivity index (χ0v) is 15.4. The Hall–Kier alpha value is -2.19. The van der Waals surface area contributed by atoms with Crippen molar-refractivity contribution in [3.05, 3.63) is 57.0 Å². The van der Waals surface area contributed by atoms with Crippen molar-refractivity contribution in [3.8, 4) is 5.75 Å². The lowest BCUT2D eigenvalue weighted by molar-refractivity contribution is -0.121. The summed E-state index contributed by atoms with van der Waals surface area (Å²) in [6.45, 7) is -0.393. The van der Waals surface area contributed by atoms with E-state index in [1.807, 2.05) is 0 Å². The Morgan fingerprint density at radius 2 is 1.71 bits per heavy atom. The van der Waals surface area contributed by atoms with Gasteiger partial charge in [-0.3, -0.25) is 14.9 Å². The van der Waals surface area contributed by atoms with Crippen molar-refractivity contribution >= 4 is 55.8 Å². The number of amides is 3. The van der Waals surface area contributed by atoms with Crippen LogP contribution in [0.15, 0.2) is 51.4 Å². The lowest BCUT2D eigenvalue weighted by Crippen LogP contribution is -2.37. The van der Waals surface area contributed by atoms with E-state index in [4.69, 9.17) is 4.74 Å². The predicted octanol–water partition coefficient (Wildman–Crippen LogP) is 3.75. The summed E-state index contributed by atoms with van der Waals surface area (Å²) in [5.74, 6) is -0.374. The number of urea groups is 1. The second kappa shape index (κ2) is 8.60. The lowest BCUT2D eigenvalue weighted by Gasteiger charge is -2.09. The molecule has 0 aliphatic carbocycles. The summed E-state index contributed by atoms with van der Waals surface area (Å²) in [6.07, 6.45) is 0.623. The van der Waals surface area contributed by atoms with Crippen LogP contribution in [-0.4, -0.2) is 24.8 Å². The highest BCUT2D eigenvalue weighted by Crippen LogP contribution is 2.21. The number of nitrogens with one attached hydrogen (secondary N) is 2. The normalized spacial score (nSPS) is 9.92. The summed E-state index contributed by atoms with van der Waals surface area (Å²) >= 11 is 6.52. The molecule has 0 saturated heterocycles. The molecule has 0 heterocycles. The third-order valence-corrected chi connectivity index (χ3v) is 3.83. The van der Waals surface area contributed by atoms with Gasteiger partial charge in [-0.25, -0.2) is 4.79 Å². The van der Waals surface area contributed by atoms with Crippen molar-refractivity contribution in [2.24, 2.45) is 0 Å². The average Bonchev–Trinajstić information content (AvgIpc) is 2.55. The van der Waals surface area contributed by atoms with Gasteiger partial charge in [0.25, 0.3) is 5.91 Å². The van der Waals surface area contributed by atoms with Gasteiger partial charge in [0.05, 0.1) is 5.56 Å². The number of rotatable bonds is 5. The number of aldehydes is 1. The molecular weight excluding hydrogens is 444 g/mol. The predicted molar refractivity (Wildman–Crippen MR) is 96.3 cm³/mol. The third-order valence-electron chi connectivity index (χ3n) is 2.81. The van der Waals surface area contributed by atoms with Crippen LogP contribution in [0.2, 0.25) is 0 Å². The fourth-order valence-electron chi connectivity index (χ4n) is 1.74. The molecule has 124 valence electrons. The Bertz CT molecular complexity index is 763. The van der Waals surface area contributed by atoms with Crippen LogP contribution >= 0.6 is 31.9 Å². The fourth-order valence-corrected chi connectivity index (χ4v) is 2.39. The van der Waals surface area contributed by atoms with Gasteiger partial charge in [0.15, 0.2) is 12.9 Å². The molecule has 0 unspecified atom stereocenters. The summed E-state index contributed by atoms with van der Waals surface area (Å²) < 4.78 is 6.85. The van der Waals surface area contributed by atoms with Crippen LogP contribution in [0.1, 0.15) is 10.4 Å². The van der Waals surface area contributed by atoms with Gasteiger partial charge < -0.3 is 10.1 Å². The monoisotopic (exact) mass is 454 g/mol. The number of carbonyl (C=O) groups excluding carboxylic acids is 3. The number of ether oxygens (including phenoxy) is 1. The Morgan fingerprint density at radius 3 is 2.38 bits per heavy atom. The SMILES string of the molecule is O=Cc1cc(Br)ccc1OCC(=O)NC(=O)Nc1ccc(Br)cc1. The van der Waals surface area contributed by atoms with Crippen LogP contribution in [0.3, 0.4) is 0 Å². The molecule has 0 radical (unpaired) electrons. The average molecular weight is 456 g/mol. The number of benzene rings is 2. The minimum absolute atomic E-state index is 0.261. The highest BCUT2D eigenvalue weighted by atomic mass is 79.9. The van der Waals surface area contributed by atoms with Crippen molar-refractivity contribution in [1.29, 1.82) is 0 Å². The Kier molecular flexibility index (Phi) is 6.51. The highest BCUT2D eigenvalue weighted by molar-refractivity contribution is 9.10. The maximum Gasteiger partial charge on any atom is 0.325 e. The van der Waals surface area contributed by atoms with Crippen molar-refractivity contribution in [1.82, 2.24) is 5.32 Å². The molecule has 0 spiro atoms. The first-order valence-corrected chi connectivity index (χ1v) is 8.30. The Morgan fingerprint density at radius 1 is 1.04 bits per heavy atom. The molecule has 2 rings (SSSR count). The molecule has 24 heavy (non-hydrogen) atoms. The number of imide groups is 1. The molecule has 8 heteroatoms. The van der Waals surface area contributed by atoms with Gasteiger partial charge in [-0.2, -0.15) is 0 Å². The van der Waals surface area contributed by atoms with Gasteiger partial charge in [0.1, 0.15) is 5.75 Å². The fraction of sp³-hybridized carbons (Fsp3) is 0.0625. The quantitative estimate of drug-likeness (QED) is 0.672. The molecule has 3 amide bonds. The summed E-state index contributed by atoms with van der Waals surface area (Å²) in [6, 6.07) is 11.0. The van der Waals surface area contributed by atoms with E-state index in [1.165, 1.54) is 0 Å². The Balaban J connectivity index is 1.85. The molecule has 0 aromatic heterocycles. The number of anilines is 1. The minimum atomic E-state index is -0.669. The topological polar surface area (TPSA) is 84.5 Å². The van der Waals surface area contributed by atoms with Crippen LogP contribution in [0.4, 0.5) is 10.5 Å². The first kappa shape index (κ1) is 18.2. The zero-order valence-electron chi connectivity index (χ0n) is 12.2.